The number of rotatable bonds is 5. The number of nitrogens with zero attached hydrogens (tertiary/aromatic N) is 4. The quantitative estimate of drug-likeness (QED) is 0.483. The van der Waals surface area contributed by atoms with E-state index in [9.17, 15) is 24.3 Å². The zero-order valence-corrected chi connectivity index (χ0v) is 12.4. The fourth-order valence-corrected chi connectivity index (χ4v) is 2.06. The number of nitrogens with one attached hydrogen (secondary N) is 1. The Bertz CT molecular complexity index is 644. The SMILES string of the molecule is CN1C(=O)C(C=N[C@H](Cc2cnc[nH]2)C(=O)[O-])C(=O)N(C)C1=O. The van der Waals surface area contributed by atoms with Gasteiger partial charge in [-0.3, -0.25) is 24.4 Å². The zero-order chi connectivity index (χ0) is 17.1. The molecule has 0 aliphatic carbocycles. The lowest BCUT2D eigenvalue weighted by molar-refractivity contribution is -0.307. The number of aliphatic imine (C=N–C) groups is 1. The first-order valence-electron chi connectivity index (χ1n) is 6.63. The van der Waals surface area contributed by atoms with Crippen LogP contribution in [0.3, 0.4) is 0 Å². The number of aromatic amines is 1. The van der Waals surface area contributed by atoms with E-state index in [1.165, 1.54) is 26.6 Å². The number of aliphatic carboxylic acids is 1. The van der Waals surface area contributed by atoms with E-state index in [2.05, 4.69) is 15.0 Å². The number of carbonyl (C=O) groups excluding carboxylic acids is 4. The molecule has 2 rings (SSSR count). The Kier molecular flexibility index (Phi) is 4.53. The molecule has 1 aliphatic rings. The van der Waals surface area contributed by atoms with Gasteiger partial charge in [0.25, 0.3) is 0 Å². The molecular formula is C13H14N5O5-. The summed E-state index contributed by atoms with van der Waals surface area (Å²) in [4.78, 5) is 58.5. The third kappa shape index (κ3) is 3.25. The van der Waals surface area contributed by atoms with Crippen molar-refractivity contribution in [3.05, 3.63) is 18.2 Å². The molecule has 0 spiro atoms. The number of barbiturate groups is 1. The molecule has 23 heavy (non-hydrogen) atoms. The second-order valence-electron chi connectivity index (χ2n) is 4.97. The van der Waals surface area contributed by atoms with Crippen LogP contribution in [0.25, 0.3) is 0 Å². The Hall–Kier alpha value is -3.04. The normalized spacial score (nSPS) is 18.1. The number of H-pyrrole nitrogens is 1. The van der Waals surface area contributed by atoms with Crippen LogP contribution >= 0.6 is 0 Å². The van der Waals surface area contributed by atoms with Gasteiger partial charge in [0, 0.05) is 38.6 Å². The van der Waals surface area contributed by atoms with E-state index >= 15 is 0 Å². The lowest BCUT2D eigenvalue weighted by Gasteiger charge is -2.31. The molecular weight excluding hydrogens is 306 g/mol. The average molecular weight is 320 g/mol. The predicted octanol–water partition coefficient (Wildman–Crippen LogP) is -2.19. The maximum atomic E-state index is 12.0. The fourth-order valence-electron chi connectivity index (χ4n) is 2.06. The number of carbonyl (C=O) groups is 4. The monoisotopic (exact) mass is 320 g/mol. The molecule has 122 valence electrons. The van der Waals surface area contributed by atoms with E-state index < -0.39 is 35.8 Å². The maximum absolute atomic E-state index is 12.0. The number of amides is 4. The molecule has 1 N–H and O–H groups in total. The zero-order valence-electron chi connectivity index (χ0n) is 12.4. The van der Waals surface area contributed by atoms with Crippen molar-refractivity contribution in [1.82, 2.24) is 19.8 Å². The lowest BCUT2D eigenvalue weighted by atomic mass is 10.1. The van der Waals surface area contributed by atoms with Crippen LogP contribution in [0.2, 0.25) is 0 Å². The Morgan fingerprint density at radius 3 is 2.48 bits per heavy atom. The molecule has 0 saturated carbocycles. The summed E-state index contributed by atoms with van der Waals surface area (Å²) in [5, 5.41) is 11.1. The summed E-state index contributed by atoms with van der Waals surface area (Å²) >= 11 is 0. The smallest absolute Gasteiger partial charge is 0.332 e. The number of aromatic nitrogens is 2. The Morgan fingerprint density at radius 1 is 1.39 bits per heavy atom. The van der Waals surface area contributed by atoms with Crippen LogP contribution in [-0.4, -0.2) is 69.9 Å². The summed E-state index contributed by atoms with van der Waals surface area (Å²) in [6.07, 6.45) is 3.73. The first kappa shape index (κ1) is 16.3. The van der Waals surface area contributed by atoms with Crippen LogP contribution in [0.5, 0.6) is 0 Å². The summed E-state index contributed by atoms with van der Waals surface area (Å²) in [5.74, 6) is -4.32. The first-order valence-corrected chi connectivity index (χ1v) is 6.63. The van der Waals surface area contributed by atoms with Crippen LogP contribution in [0.4, 0.5) is 4.79 Å². The van der Waals surface area contributed by atoms with Gasteiger partial charge in [0.1, 0.15) is 0 Å². The van der Waals surface area contributed by atoms with E-state index in [4.69, 9.17) is 0 Å². The summed E-state index contributed by atoms with van der Waals surface area (Å²) in [7, 11) is 2.46. The van der Waals surface area contributed by atoms with Gasteiger partial charge in [0.15, 0.2) is 5.92 Å². The van der Waals surface area contributed by atoms with Gasteiger partial charge in [-0.15, -0.1) is 0 Å². The summed E-state index contributed by atoms with van der Waals surface area (Å²) in [6.45, 7) is 0. The molecule has 1 atom stereocenters. The standard InChI is InChI=1S/C13H15N5O5/c1-17-10(19)8(11(20)18(2)13(17)23)5-15-9(12(21)22)3-7-4-14-6-16-7/h4-6,8-9H,3H2,1-2H3,(H,14,16)(H,21,22)/p-1/t9-/m1/s1. The molecule has 1 aromatic rings. The third-order valence-electron chi connectivity index (χ3n) is 3.42. The highest BCUT2D eigenvalue weighted by Crippen LogP contribution is 2.14. The number of urea groups is 1. The molecule has 2 heterocycles. The highest BCUT2D eigenvalue weighted by molar-refractivity contribution is 6.23. The van der Waals surface area contributed by atoms with Crippen molar-refractivity contribution in [3.8, 4) is 0 Å². The van der Waals surface area contributed by atoms with Crippen molar-refractivity contribution in [2.24, 2.45) is 10.9 Å². The van der Waals surface area contributed by atoms with Gasteiger partial charge >= 0.3 is 6.03 Å². The van der Waals surface area contributed by atoms with Crippen molar-refractivity contribution >= 4 is 30.0 Å². The van der Waals surface area contributed by atoms with Crippen LogP contribution in [-0.2, 0) is 20.8 Å². The van der Waals surface area contributed by atoms with E-state index in [0.29, 0.717) is 5.69 Å². The van der Waals surface area contributed by atoms with Gasteiger partial charge in [-0.2, -0.15) is 0 Å². The van der Waals surface area contributed by atoms with Crippen molar-refractivity contribution in [2.75, 3.05) is 14.1 Å². The number of carboxylic acids is 1. The van der Waals surface area contributed by atoms with E-state index in [1.807, 2.05) is 0 Å². The predicted molar refractivity (Wildman–Crippen MR) is 74.0 cm³/mol. The first-order chi connectivity index (χ1) is 10.8. The van der Waals surface area contributed by atoms with Crippen molar-refractivity contribution in [2.45, 2.75) is 12.5 Å². The van der Waals surface area contributed by atoms with Crippen LogP contribution in [0.1, 0.15) is 5.69 Å². The minimum absolute atomic E-state index is 0.0292. The minimum atomic E-state index is -1.45. The van der Waals surface area contributed by atoms with E-state index in [0.717, 1.165) is 16.0 Å². The lowest BCUT2D eigenvalue weighted by Crippen LogP contribution is -2.57. The second kappa shape index (κ2) is 6.38. The molecule has 0 radical (unpaired) electrons. The average Bonchev–Trinajstić information content (AvgIpc) is 3.02. The third-order valence-corrected chi connectivity index (χ3v) is 3.42. The van der Waals surface area contributed by atoms with Crippen molar-refractivity contribution in [1.29, 1.82) is 0 Å². The second-order valence-corrected chi connectivity index (χ2v) is 4.97. The summed E-state index contributed by atoms with van der Waals surface area (Å²) < 4.78 is 0. The minimum Gasteiger partial charge on any atom is -0.548 e. The van der Waals surface area contributed by atoms with Gasteiger partial charge < -0.3 is 14.9 Å². The Labute approximate surface area is 130 Å². The maximum Gasteiger partial charge on any atom is 0.332 e. The fraction of sp³-hybridized carbons (Fsp3) is 0.385. The molecule has 0 unspecified atom stereocenters. The number of carboxylic acid groups (broad SMARTS) is 1. The molecule has 4 amide bonds. The molecule has 10 heteroatoms. The van der Waals surface area contributed by atoms with Gasteiger partial charge in [-0.05, 0) is 0 Å². The number of hydrogen-bond acceptors (Lipinski definition) is 7. The molecule has 1 fully saturated rings. The summed E-state index contributed by atoms with van der Waals surface area (Å²) in [5.41, 5.74) is 0.516. The topological polar surface area (TPSA) is 139 Å². The largest absolute Gasteiger partial charge is 0.548 e. The molecule has 1 aromatic heterocycles. The van der Waals surface area contributed by atoms with E-state index in [-0.39, 0.29) is 6.42 Å². The summed E-state index contributed by atoms with van der Waals surface area (Å²) in [6, 6.07) is -2.04. The van der Waals surface area contributed by atoms with Gasteiger partial charge in [-0.25, -0.2) is 9.78 Å². The van der Waals surface area contributed by atoms with Crippen LogP contribution in [0, 0.1) is 5.92 Å². The van der Waals surface area contributed by atoms with Gasteiger partial charge in [0.05, 0.1) is 18.3 Å². The Balaban J connectivity index is 2.18. The van der Waals surface area contributed by atoms with E-state index in [1.54, 1.807) is 0 Å². The molecule has 1 saturated heterocycles. The number of imidazole rings is 1. The van der Waals surface area contributed by atoms with Gasteiger partial charge in [0.2, 0.25) is 11.8 Å². The highest BCUT2D eigenvalue weighted by atomic mass is 16.4. The highest BCUT2D eigenvalue weighted by Gasteiger charge is 2.41. The molecule has 10 nitrogen and oxygen atoms in total. The van der Waals surface area contributed by atoms with Gasteiger partial charge in [-0.1, -0.05) is 0 Å². The van der Waals surface area contributed by atoms with Crippen molar-refractivity contribution in [3.63, 3.8) is 0 Å². The number of hydrogen-bond donors (Lipinski definition) is 1. The molecule has 0 bridgehead atoms. The molecule has 0 aromatic carbocycles. The number of imide groups is 2. The van der Waals surface area contributed by atoms with Crippen LogP contribution < -0.4 is 5.11 Å². The molecule has 1 aliphatic heterocycles. The Morgan fingerprint density at radius 2 is 2.00 bits per heavy atom. The van der Waals surface area contributed by atoms with Crippen molar-refractivity contribution < 1.29 is 24.3 Å². The van der Waals surface area contributed by atoms with Crippen LogP contribution in [0.15, 0.2) is 17.5 Å².